The smallest absolute Gasteiger partial charge is 0.274 e. The third kappa shape index (κ3) is 3.13. The van der Waals surface area contributed by atoms with E-state index in [-0.39, 0.29) is 11.7 Å². The van der Waals surface area contributed by atoms with Gasteiger partial charge in [-0.05, 0) is 62.6 Å². The number of hydrogen-bond donors (Lipinski definition) is 1. The number of fused-ring (bicyclic) bond motifs is 2. The molecule has 0 bridgehead atoms. The van der Waals surface area contributed by atoms with Crippen molar-refractivity contribution in [3.63, 3.8) is 0 Å². The van der Waals surface area contributed by atoms with Crippen LogP contribution < -0.4 is 9.62 Å². The van der Waals surface area contributed by atoms with Crippen LogP contribution in [0.4, 0.5) is 11.4 Å². The summed E-state index contributed by atoms with van der Waals surface area (Å²) >= 11 is 0. The second-order valence-corrected chi connectivity index (χ2v) is 9.03. The third-order valence-corrected chi connectivity index (χ3v) is 6.81. The summed E-state index contributed by atoms with van der Waals surface area (Å²) in [5.41, 5.74) is 4.14. The highest BCUT2D eigenvalue weighted by atomic mass is 32.2. The highest BCUT2D eigenvalue weighted by Gasteiger charge is 2.26. The summed E-state index contributed by atoms with van der Waals surface area (Å²) in [4.78, 5) is 17.3. The molecule has 3 aromatic rings. The molecule has 0 unspecified atom stereocenters. The van der Waals surface area contributed by atoms with Gasteiger partial charge in [0.15, 0.2) is 0 Å². The van der Waals surface area contributed by atoms with Crippen LogP contribution in [0.5, 0.6) is 0 Å². The van der Waals surface area contributed by atoms with E-state index in [0.717, 1.165) is 24.1 Å². The van der Waals surface area contributed by atoms with E-state index in [2.05, 4.69) is 10.3 Å². The van der Waals surface area contributed by atoms with Crippen molar-refractivity contribution in [2.24, 2.45) is 0 Å². The Bertz CT molecular complexity index is 1170. The molecule has 8 heteroatoms. The minimum absolute atomic E-state index is 0.0679. The summed E-state index contributed by atoms with van der Waals surface area (Å²) in [6.07, 6.45) is 3.35. The second kappa shape index (κ2) is 6.94. The number of anilines is 2. The number of carbonyl (C=O) groups is 1. The molecule has 1 aromatic carbocycles. The molecule has 0 atom stereocenters. The number of aromatic nitrogens is 2. The Hall–Kier alpha value is -2.87. The Morgan fingerprint density at radius 3 is 2.86 bits per heavy atom. The van der Waals surface area contributed by atoms with Crippen molar-refractivity contribution in [3.8, 4) is 0 Å². The summed E-state index contributed by atoms with van der Waals surface area (Å²) in [6, 6.07) is 11.0. The van der Waals surface area contributed by atoms with Gasteiger partial charge in [-0.3, -0.25) is 13.5 Å². The van der Waals surface area contributed by atoms with Crippen molar-refractivity contribution in [3.05, 3.63) is 59.5 Å². The standard InChI is InChI=1S/C20H22N4O3S/c1-3-28(26,27)24-12-6-7-15-13-16(9-10-17(15)24)22-20(25)19-14(2)21-18-8-4-5-11-23(18)19/h4-5,8-11,13H,3,6-7,12H2,1-2H3,(H,22,25). The van der Waals surface area contributed by atoms with Crippen LogP contribution in [-0.2, 0) is 16.4 Å². The molecule has 7 nitrogen and oxygen atoms in total. The summed E-state index contributed by atoms with van der Waals surface area (Å²) in [5, 5.41) is 2.93. The number of imidazole rings is 1. The van der Waals surface area contributed by atoms with Crippen LogP contribution in [0.15, 0.2) is 42.6 Å². The van der Waals surface area contributed by atoms with Crippen molar-refractivity contribution in [2.45, 2.75) is 26.7 Å². The van der Waals surface area contributed by atoms with Crippen molar-refractivity contribution in [2.75, 3.05) is 21.9 Å². The molecule has 0 spiro atoms. The molecule has 0 aliphatic carbocycles. The van der Waals surface area contributed by atoms with Crippen LogP contribution in [-0.4, -0.2) is 36.0 Å². The maximum Gasteiger partial charge on any atom is 0.274 e. The largest absolute Gasteiger partial charge is 0.321 e. The van der Waals surface area contributed by atoms with Gasteiger partial charge in [0.05, 0.1) is 17.1 Å². The normalized spacial score (nSPS) is 14.1. The van der Waals surface area contributed by atoms with Crippen LogP contribution in [0, 0.1) is 6.92 Å². The van der Waals surface area contributed by atoms with E-state index in [1.807, 2.05) is 37.4 Å². The molecule has 1 N–H and O–H groups in total. The third-order valence-electron chi connectivity index (χ3n) is 5.03. The first-order valence-corrected chi connectivity index (χ1v) is 10.9. The lowest BCUT2D eigenvalue weighted by Gasteiger charge is -2.30. The fourth-order valence-corrected chi connectivity index (χ4v) is 4.86. The van der Waals surface area contributed by atoms with Gasteiger partial charge in [-0.25, -0.2) is 13.4 Å². The maximum atomic E-state index is 12.9. The first kappa shape index (κ1) is 18.5. The number of rotatable bonds is 4. The molecule has 28 heavy (non-hydrogen) atoms. The van der Waals surface area contributed by atoms with E-state index in [0.29, 0.717) is 29.3 Å². The zero-order valence-corrected chi connectivity index (χ0v) is 16.7. The van der Waals surface area contributed by atoms with E-state index in [9.17, 15) is 13.2 Å². The van der Waals surface area contributed by atoms with E-state index in [4.69, 9.17) is 0 Å². The molecule has 3 heterocycles. The van der Waals surface area contributed by atoms with Gasteiger partial charge >= 0.3 is 0 Å². The molecule has 4 rings (SSSR count). The SMILES string of the molecule is CCS(=O)(=O)N1CCCc2cc(NC(=O)c3c(C)nc4ccccn34)ccc21. The highest BCUT2D eigenvalue weighted by molar-refractivity contribution is 7.92. The molecule has 0 saturated heterocycles. The maximum absolute atomic E-state index is 12.9. The Morgan fingerprint density at radius 1 is 1.25 bits per heavy atom. The number of sulfonamides is 1. The number of nitrogens with one attached hydrogen (secondary N) is 1. The monoisotopic (exact) mass is 398 g/mol. The van der Waals surface area contributed by atoms with E-state index in [1.54, 1.807) is 23.5 Å². The number of pyridine rings is 1. The Kier molecular flexibility index (Phi) is 4.58. The molecule has 0 saturated carbocycles. The van der Waals surface area contributed by atoms with Crippen molar-refractivity contribution < 1.29 is 13.2 Å². The lowest BCUT2D eigenvalue weighted by molar-refractivity contribution is 0.102. The van der Waals surface area contributed by atoms with Gasteiger partial charge < -0.3 is 5.32 Å². The van der Waals surface area contributed by atoms with Crippen LogP contribution >= 0.6 is 0 Å². The molecule has 1 aliphatic heterocycles. The molecular formula is C20H22N4O3S. The molecule has 1 aliphatic rings. The van der Waals surface area contributed by atoms with Crippen LogP contribution in [0.2, 0.25) is 0 Å². The molecule has 146 valence electrons. The quantitative estimate of drug-likeness (QED) is 0.732. The molecule has 0 fully saturated rings. The van der Waals surface area contributed by atoms with Crippen LogP contribution in [0.3, 0.4) is 0 Å². The Balaban J connectivity index is 1.64. The van der Waals surface area contributed by atoms with E-state index >= 15 is 0 Å². The van der Waals surface area contributed by atoms with Crippen molar-refractivity contribution in [1.29, 1.82) is 0 Å². The first-order chi connectivity index (χ1) is 13.4. The zero-order chi connectivity index (χ0) is 19.9. The predicted octanol–water partition coefficient (Wildman–Crippen LogP) is 3.00. The van der Waals surface area contributed by atoms with Crippen molar-refractivity contribution in [1.82, 2.24) is 9.38 Å². The average molecular weight is 398 g/mol. The zero-order valence-electron chi connectivity index (χ0n) is 15.8. The summed E-state index contributed by atoms with van der Waals surface area (Å²) in [6.45, 7) is 3.95. The van der Waals surface area contributed by atoms with Gasteiger partial charge in [0.2, 0.25) is 10.0 Å². The summed E-state index contributed by atoms with van der Waals surface area (Å²) in [5.74, 6) is -0.177. The second-order valence-electron chi connectivity index (χ2n) is 6.85. The Morgan fingerprint density at radius 2 is 2.07 bits per heavy atom. The molecule has 0 radical (unpaired) electrons. The minimum atomic E-state index is -3.30. The van der Waals surface area contributed by atoms with Gasteiger partial charge in [-0.15, -0.1) is 0 Å². The van der Waals surface area contributed by atoms with E-state index < -0.39 is 10.0 Å². The molecule has 2 aromatic heterocycles. The van der Waals surface area contributed by atoms with Crippen LogP contribution in [0.25, 0.3) is 5.65 Å². The first-order valence-electron chi connectivity index (χ1n) is 9.29. The minimum Gasteiger partial charge on any atom is -0.321 e. The summed E-state index contributed by atoms with van der Waals surface area (Å²) < 4.78 is 27.9. The fourth-order valence-electron chi connectivity index (χ4n) is 3.66. The summed E-state index contributed by atoms with van der Waals surface area (Å²) in [7, 11) is -3.30. The molecule has 1 amide bonds. The van der Waals surface area contributed by atoms with Gasteiger partial charge in [0, 0.05) is 18.4 Å². The number of nitrogens with zero attached hydrogens (tertiary/aromatic N) is 3. The molecular weight excluding hydrogens is 376 g/mol. The number of benzene rings is 1. The number of amides is 1. The van der Waals surface area contributed by atoms with Crippen LogP contribution in [0.1, 0.15) is 35.1 Å². The fraction of sp³-hybridized carbons (Fsp3) is 0.300. The van der Waals surface area contributed by atoms with Gasteiger partial charge in [-0.1, -0.05) is 6.07 Å². The van der Waals surface area contributed by atoms with Crippen molar-refractivity contribution >= 4 is 33.0 Å². The lowest BCUT2D eigenvalue weighted by Crippen LogP contribution is -2.36. The predicted molar refractivity (Wildman–Crippen MR) is 109 cm³/mol. The van der Waals surface area contributed by atoms with Gasteiger partial charge in [0.25, 0.3) is 5.91 Å². The van der Waals surface area contributed by atoms with E-state index in [1.165, 1.54) is 4.31 Å². The number of aryl methyl sites for hydroxylation is 2. The highest BCUT2D eigenvalue weighted by Crippen LogP contribution is 2.32. The topological polar surface area (TPSA) is 83.8 Å². The number of carbonyl (C=O) groups excluding carboxylic acids is 1. The van der Waals surface area contributed by atoms with Gasteiger partial charge in [0.1, 0.15) is 11.3 Å². The van der Waals surface area contributed by atoms with Gasteiger partial charge in [-0.2, -0.15) is 0 Å². The average Bonchev–Trinajstić information content (AvgIpc) is 3.03. The lowest BCUT2D eigenvalue weighted by atomic mass is 10.0. The number of hydrogen-bond acceptors (Lipinski definition) is 4. The Labute approximate surface area is 164 Å².